The van der Waals surface area contributed by atoms with E-state index in [0.29, 0.717) is 0 Å². The summed E-state index contributed by atoms with van der Waals surface area (Å²) in [6, 6.07) is 0. The quantitative estimate of drug-likeness (QED) is 0.855. The number of hydrogen-bond acceptors (Lipinski definition) is 4. The van der Waals surface area contributed by atoms with Gasteiger partial charge in [-0.2, -0.15) is 0 Å². The van der Waals surface area contributed by atoms with E-state index in [9.17, 15) is 0 Å². The molecular formula is C10H16BrN3S. The Morgan fingerprint density at radius 2 is 2.13 bits per heavy atom. The van der Waals surface area contributed by atoms with E-state index < -0.39 is 0 Å². The van der Waals surface area contributed by atoms with Crippen LogP contribution in [0.25, 0.3) is 0 Å². The lowest BCUT2D eigenvalue weighted by atomic mass is 9.93. The minimum atomic E-state index is 0.883. The lowest BCUT2D eigenvalue weighted by molar-refractivity contribution is 0.378. The molecule has 84 valence electrons. The molecule has 2 rings (SSSR count). The summed E-state index contributed by atoms with van der Waals surface area (Å²) in [5, 5.41) is 9.22. The molecule has 0 radical (unpaired) electrons. The maximum atomic E-state index is 4.16. The molecule has 3 nitrogen and oxygen atoms in total. The summed E-state index contributed by atoms with van der Waals surface area (Å²) in [6.07, 6.45) is 5.32. The van der Waals surface area contributed by atoms with Gasteiger partial charge in [-0.1, -0.05) is 31.1 Å². The highest BCUT2D eigenvalue weighted by atomic mass is 79.9. The van der Waals surface area contributed by atoms with Crippen LogP contribution in [-0.4, -0.2) is 23.3 Å². The van der Waals surface area contributed by atoms with Crippen molar-refractivity contribution in [2.75, 3.05) is 18.0 Å². The third-order valence-electron chi connectivity index (χ3n) is 2.97. The standard InChI is InChI=1S/C10H16BrN3S/c1-2-3-8-4-6-14(7-5-8)10-13-12-9(11)15-10/h8H,2-7H2,1H3. The molecule has 0 spiro atoms. The molecule has 0 saturated carbocycles. The molecule has 1 aliphatic heterocycles. The third kappa shape index (κ3) is 2.91. The van der Waals surface area contributed by atoms with Gasteiger partial charge >= 0.3 is 0 Å². The zero-order valence-corrected chi connectivity index (χ0v) is 11.4. The second-order valence-corrected chi connectivity index (χ2v) is 6.29. The first-order chi connectivity index (χ1) is 7.29. The molecule has 0 aliphatic carbocycles. The summed E-state index contributed by atoms with van der Waals surface area (Å²) in [5.41, 5.74) is 0. The maximum absolute atomic E-state index is 4.16. The van der Waals surface area contributed by atoms with Gasteiger partial charge < -0.3 is 4.90 Å². The van der Waals surface area contributed by atoms with Gasteiger partial charge in [-0.25, -0.2) is 0 Å². The van der Waals surface area contributed by atoms with Crippen molar-refractivity contribution < 1.29 is 0 Å². The summed E-state index contributed by atoms with van der Waals surface area (Å²) in [5.74, 6) is 0.933. The van der Waals surface area contributed by atoms with Crippen LogP contribution in [0.1, 0.15) is 32.6 Å². The number of hydrogen-bond donors (Lipinski definition) is 0. The molecule has 0 atom stereocenters. The highest BCUT2D eigenvalue weighted by molar-refractivity contribution is 9.11. The summed E-state index contributed by atoms with van der Waals surface area (Å²) in [4.78, 5) is 2.36. The number of anilines is 1. The Kier molecular flexibility index (Phi) is 3.97. The van der Waals surface area contributed by atoms with Crippen LogP contribution < -0.4 is 4.90 Å². The van der Waals surface area contributed by atoms with Gasteiger partial charge in [0.1, 0.15) is 0 Å². The van der Waals surface area contributed by atoms with Crippen molar-refractivity contribution in [3.63, 3.8) is 0 Å². The lowest BCUT2D eigenvalue weighted by Gasteiger charge is -2.31. The molecule has 15 heavy (non-hydrogen) atoms. The van der Waals surface area contributed by atoms with Crippen LogP contribution in [0.4, 0.5) is 5.13 Å². The Morgan fingerprint density at radius 3 is 2.67 bits per heavy atom. The van der Waals surface area contributed by atoms with E-state index in [1.165, 1.54) is 25.7 Å². The van der Waals surface area contributed by atoms with Gasteiger partial charge in [0.15, 0.2) is 3.92 Å². The Morgan fingerprint density at radius 1 is 1.40 bits per heavy atom. The van der Waals surface area contributed by atoms with Gasteiger partial charge in [-0.05, 0) is 34.7 Å². The van der Waals surface area contributed by atoms with Crippen molar-refractivity contribution in [1.29, 1.82) is 0 Å². The Bertz CT molecular complexity index is 307. The van der Waals surface area contributed by atoms with Gasteiger partial charge in [0.05, 0.1) is 0 Å². The van der Waals surface area contributed by atoms with Crippen LogP contribution in [-0.2, 0) is 0 Å². The Hall–Kier alpha value is -0.160. The zero-order valence-electron chi connectivity index (χ0n) is 8.95. The highest BCUT2D eigenvalue weighted by Crippen LogP contribution is 2.29. The van der Waals surface area contributed by atoms with Crippen molar-refractivity contribution >= 4 is 32.4 Å². The van der Waals surface area contributed by atoms with E-state index in [0.717, 1.165) is 28.1 Å². The molecule has 1 saturated heterocycles. The molecular weight excluding hydrogens is 274 g/mol. The lowest BCUT2D eigenvalue weighted by Crippen LogP contribution is -2.33. The molecule has 0 N–H and O–H groups in total. The van der Waals surface area contributed by atoms with Crippen molar-refractivity contribution in [3.05, 3.63) is 3.92 Å². The number of nitrogens with zero attached hydrogens (tertiary/aromatic N) is 3. The fourth-order valence-electron chi connectivity index (χ4n) is 2.15. The van der Waals surface area contributed by atoms with Gasteiger partial charge in [-0.15, -0.1) is 10.2 Å². The van der Waals surface area contributed by atoms with E-state index in [4.69, 9.17) is 0 Å². The van der Waals surface area contributed by atoms with Crippen molar-refractivity contribution in [3.8, 4) is 0 Å². The first-order valence-electron chi connectivity index (χ1n) is 5.53. The van der Waals surface area contributed by atoms with Crippen LogP contribution in [0.2, 0.25) is 0 Å². The van der Waals surface area contributed by atoms with Crippen LogP contribution in [0.5, 0.6) is 0 Å². The molecule has 0 amide bonds. The molecule has 2 heterocycles. The number of rotatable bonds is 3. The number of piperidine rings is 1. The SMILES string of the molecule is CCCC1CCN(c2nnc(Br)s2)CC1. The molecule has 1 aliphatic rings. The van der Waals surface area contributed by atoms with E-state index in [2.05, 4.69) is 38.0 Å². The molecule has 1 fully saturated rings. The van der Waals surface area contributed by atoms with E-state index in [1.54, 1.807) is 11.3 Å². The summed E-state index contributed by atoms with van der Waals surface area (Å²) in [6.45, 7) is 4.56. The summed E-state index contributed by atoms with van der Waals surface area (Å²) < 4.78 is 0.883. The largest absolute Gasteiger partial charge is 0.347 e. The van der Waals surface area contributed by atoms with Gasteiger partial charge in [0, 0.05) is 13.1 Å². The predicted octanol–water partition coefficient (Wildman–Crippen LogP) is 3.32. The summed E-state index contributed by atoms with van der Waals surface area (Å²) >= 11 is 4.98. The summed E-state index contributed by atoms with van der Waals surface area (Å²) in [7, 11) is 0. The van der Waals surface area contributed by atoms with E-state index in [-0.39, 0.29) is 0 Å². The van der Waals surface area contributed by atoms with Crippen molar-refractivity contribution in [2.45, 2.75) is 32.6 Å². The second-order valence-electron chi connectivity index (χ2n) is 4.06. The minimum Gasteiger partial charge on any atom is -0.347 e. The normalized spacial score (nSPS) is 18.4. The first-order valence-corrected chi connectivity index (χ1v) is 7.14. The van der Waals surface area contributed by atoms with Crippen molar-refractivity contribution in [2.24, 2.45) is 5.92 Å². The third-order valence-corrected chi connectivity index (χ3v) is 4.39. The first kappa shape index (κ1) is 11.3. The fourth-order valence-corrected chi connectivity index (χ4v) is 3.29. The fraction of sp³-hybridized carbons (Fsp3) is 0.800. The molecule has 1 aromatic rings. The van der Waals surface area contributed by atoms with Crippen molar-refractivity contribution in [1.82, 2.24) is 10.2 Å². The molecule has 5 heteroatoms. The van der Waals surface area contributed by atoms with E-state index in [1.807, 2.05) is 0 Å². The predicted molar refractivity (Wildman–Crippen MR) is 67.5 cm³/mol. The Labute approximate surface area is 103 Å². The van der Waals surface area contributed by atoms with Gasteiger partial charge in [0.2, 0.25) is 5.13 Å². The monoisotopic (exact) mass is 289 g/mol. The Balaban J connectivity index is 1.88. The second kappa shape index (κ2) is 5.25. The zero-order chi connectivity index (χ0) is 10.7. The molecule has 1 aromatic heterocycles. The van der Waals surface area contributed by atoms with Crippen LogP contribution in [0.3, 0.4) is 0 Å². The maximum Gasteiger partial charge on any atom is 0.209 e. The molecule has 0 bridgehead atoms. The molecule has 0 aromatic carbocycles. The van der Waals surface area contributed by atoms with Crippen LogP contribution in [0, 0.1) is 5.92 Å². The van der Waals surface area contributed by atoms with Gasteiger partial charge in [0.25, 0.3) is 0 Å². The van der Waals surface area contributed by atoms with E-state index >= 15 is 0 Å². The number of aromatic nitrogens is 2. The number of halogens is 1. The molecule has 0 unspecified atom stereocenters. The highest BCUT2D eigenvalue weighted by Gasteiger charge is 2.20. The topological polar surface area (TPSA) is 29.0 Å². The average Bonchev–Trinajstić information content (AvgIpc) is 2.67. The van der Waals surface area contributed by atoms with Gasteiger partial charge in [-0.3, -0.25) is 0 Å². The minimum absolute atomic E-state index is 0.883. The average molecular weight is 290 g/mol. The van der Waals surface area contributed by atoms with Crippen LogP contribution in [0.15, 0.2) is 3.92 Å². The smallest absolute Gasteiger partial charge is 0.209 e. The van der Waals surface area contributed by atoms with Crippen LogP contribution >= 0.6 is 27.3 Å².